The average molecular weight is 694 g/mol. The summed E-state index contributed by atoms with van der Waals surface area (Å²) in [6.45, 7) is 16.1. The number of thioether (sulfide) groups is 1. The predicted molar refractivity (Wildman–Crippen MR) is 188 cm³/mol. The SMILES string of the molecule is C[C@@H](O[Si](C)(C)C(C)(C)C)[C@H]1C(=O)N2C(C(=O)OCc3ccc([N+](=O)[O-])cc3)=C(Sc3ccccc3C(=O)N3CCCCCC3)[C@H](C)[C@H]12. The Labute approximate surface area is 288 Å². The summed E-state index contributed by atoms with van der Waals surface area (Å²) in [6.07, 6.45) is 3.83. The van der Waals surface area contributed by atoms with Gasteiger partial charge in [-0.1, -0.05) is 64.4 Å². The van der Waals surface area contributed by atoms with Gasteiger partial charge in [-0.05, 0) is 67.7 Å². The number of nitro groups is 1. The van der Waals surface area contributed by atoms with E-state index in [1.807, 2.05) is 43.0 Å². The summed E-state index contributed by atoms with van der Waals surface area (Å²) >= 11 is 1.36. The molecule has 12 heteroatoms. The van der Waals surface area contributed by atoms with Crippen LogP contribution in [0.4, 0.5) is 5.69 Å². The van der Waals surface area contributed by atoms with Gasteiger partial charge in [0.1, 0.15) is 12.3 Å². The molecule has 0 spiro atoms. The number of rotatable bonds is 10. The Bertz CT molecular complexity index is 1600. The zero-order valence-electron chi connectivity index (χ0n) is 29.0. The van der Waals surface area contributed by atoms with Gasteiger partial charge in [0, 0.05) is 40.9 Å². The molecular formula is C36H47N3O7SSi. The van der Waals surface area contributed by atoms with Crippen molar-refractivity contribution in [3.05, 3.63) is 80.4 Å². The first-order valence-corrected chi connectivity index (χ1v) is 20.6. The molecule has 0 N–H and O–H groups in total. The van der Waals surface area contributed by atoms with E-state index in [-0.39, 0.29) is 52.9 Å². The molecule has 2 fully saturated rings. The summed E-state index contributed by atoms with van der Waals surface area (Å²) in [6, 6.07) is 13.0. The largest absolute Gasteiger partial charge is 0.456 e. The first-order chi connectivity index (χ1) is 22.6. The van der Waals surface area contributed by atoms with Gasteiger partial charge in [0.15, 0.2) is 8.32 Å². The Balaban J connectivity index is 1.45. The lowest BCUT2D eigenvalue weighted by molar-refractivity contribution is -0.384. The third kappa shape index (κ3) is 7.11. The minimum Gasteiger partial charge on any atom is -0.456 e. The number of ether oxygens (including phenoxy) is 1. The van der Waals surface area contributed by atoms with Crippen LogP contribution in [-0.4, -0.2) is 66.1 Å². The zero-order valence-corrected chi connectivity index (χ0v) is 30.8. The van der Waals surface area contributed by atoms with E-state index >= 15 is 0 Å². The number of fused-ring (bicyclic) bond motifs is 1. The standard InChI is InChI=1S/C36H47N3O7SSi/c1-23-30-29(24(2)46-48(6,7)36(3,4)5)34(41)38(30)31(35(42)45-22-25-16-18-26(19-17-25)39(43)44)32(23)47-28-15-11-10-14-27(28)33(40)37-20-12-8-9-13-21-37/h10-11,14-19,23-24,29-30H,8-9,12-13,20-22H2,1-7H3/t23-,24-,29-,30-/m1/s1. The van der Waals surface area contributed by atoms with E-state index in [1.165, 1.54) is 23.9 Å². The van der Waals surface area contributed by atoms with Crippen molar-refractivity contribution in [3.8, 4) is 0 Å². The molecule has 0 saturated carbocycles. The van der Waals surface area contributed by atoms with Crippen molar-refractivity contribution in [2.45, 2.75) is 102 Å². The highest BCUT2D eigenvalue weighted by atomic mass is 32.2. The van der Waals surface area contributed by atoms with E-state index in [9.17, 15) is 24.5 Å². The Morgan fingerprint density at radius 3 is 2.27 bits per heavy atom. The molecule has 258 valence electrons. The third-order valence-electron chi connectivity index (χ3n) is 10.3. The van der Waals surface area contributed by atoms with Crippen molar-refractivity contribution in [3.63, 3.8) is 0 Å². The zero-order chi connectivity index (χ0) is 35.0. The summed E-state index contributed by atoms with van der Waals surface area (Å²) in [5.74, 6) is -1.50. The van der Waals surface area contributed by atoms with Crippen molar-refractivity contribution in [2.24, 2.45) is 11.8 Å². The van der Waals surface area contributed by atoms with Gasteiger partial charge < -0.3 is 19.0 Å². The molecule has 3 heterocycles. The summed E-state index contributed by atoms with van der Waals surface area (Å²) in [5.41, 5.74) is 1.30. The number of nitro benzene ring substituents is 1. The number of hydrogen-bond acceptors (Lipinski definition) is 8. The van der Waals surface area contributed by atoms with Gasteiger partial charge in [0.25, 0.3) is 11.6 Å². The van der Waals surface area contributed by atoms with E-state index in [1.54, 1.807) is 17.0 Å². The summed E-state index contributed by atoms with van der Waals surface area (Å²) in [4.78, 5) is 57.2. The second-order valence-corrected chi connectivity index (χ2v) is 20.5. The highest BCUT2D eigenvalue weighted by molar-refractivity contribution is 8.03. The number of hydrogen-bond donors (Lipinski definition) is 0. The van der Waals surface area contributed by atoms with E-state index in [0.29, 0.717) is 16.0 Å². The first kappa shape index (κ1) is 35.8. The molecule has 2 aromatic carbocycles. The van der Waals surface area contributed by atoms with Crippen molar-refractivity contribution in [1.82, 2.24) is 9.80 Å². The van der Waals surface area contributed by atoms with Crippen LogP contribution in [0, 0.1) is 22.0 Å². The van der Waals surface area contributed by atoms with Gasteiger partial charge in [-0.15, -0.1) is 0 Å². The Morgan fingerprint density at radius 1 is 1.04 bits per heavy atom. The van der Waals surface area contributed by atoms with E-state index in [4.69, 9.17) is 9.16 Å². The Hall–Kier alpha value is -3.48. The Kier molecular flexibility index (Phi) is 10.6. The average Bonchev–Trinajstić information content (AvgIpc) is 3.18. The molecule has 5 rings (SSSR count). The molecule has 0 radical (unpaired) electrons. The molecule has 3 aliphatic rings. The molecular weight excluding hydrogens is 647 g/mol. The highest BCUT2D eigenvalue weighted by Gasteiger charge is 2.61. The van der Waals surface area contributed by atoms with Gasteiger partial charge in [-0.3, -0.25) is 19.7 Å². The van der Waals surface area contributed by atoms with Crippen LogP contribution >= 0.6 is 11.8 Å². The van der Waals surface area contributed by atoms with Crippen molar-refractivity contribution < 1.29 is 28.5 Å². The fourth-order valence-corrected chi connectivity index (χ4v) is 9.26. The highest BCUT2D eigenvalue weighted by Crippen LogP contribution is 2.53. The minimum atomic E-state index is -2.19. The maximum absolute atomic E-state index is 14.0. The van der Waals surface area contributed by atoms with E-state index < -0.39 is 25.1 Å². The smallest absolute Gasteiger partial charge is 0.356 e. The monoisotopic (exact) mass is 693 g/mol. The maximum Gasteiger partial charge on any atom is 0.356 e. The minimum absolute atomic E-state index is 0.0258. The molecule has 0 bridgehead atoms. The number of esters is 1. The van der Waals surface area contributed by atoms with Crippen LogP contribution in [0.1, 0.15) is 76.2 Å². The predicted octanol–water partition coefficient (Wildman–Crippen LogP) is 7.55. The molecule has 2 amide bonds. The van der Waals surface area contributed by atoms with Crippen molar-refractivity contribution in [2.75, 3.05) is 13.1 Å². The van der Waals surface area contributed by atoms with Crippen LogP contribution in [-0.2, 0) is 25.4 Å². The fraction of sp³-hybridized carbons (Fsp3) is 0.528. The van der Waals surface area contributed by atoms with Crippen LogP contribution in [0.5, 0.6) is 0 Å². The number of non-ortho nitro benzene ring substituents is 1. The molecule has 0 unspecified atom stereocenters. The van der Waals surface area contributed by atoms with Gasteiger partial charge in [-0.2, -0.15) is 0 Å². The fourth-order valence-electron chi connectivity index (χ4n) is 6.57. The molecule has 2 saturated heterocycles. The molecule has 3 aliphatic heterocycles. The van der Waals surface area contributed by atoms with Gasteiger partial charge in [-0.25, -0.2) is 4.79 Å². The van der Waals surface area contributed by atoms with Crippen LogP contribution in [0.25, 0.3) is 0 Å². The Morgan fingerprint density at radius 2 is 1.67 bits per heavy atom. The van der Waals surface area contributed by atoms with Gasteiger partial charge in [0.05, 0.1) is 28.6 Å². The van der Waals surface area contributed by atoms with Crippen molar-refractivity contribution in [1.29, 1.82) is 0 Å². The number of nitrogens with zero attached hydrogens (tertiary/aromatic N) is 3. The number of likely N-dealkylation sites (tertiary alicyclic amines) is 1. The first-order valence-electron chi connectivity index (χ1n) is 16.8. The van der Waals surface area contributed by atoms with Crippen LogP contribution in [0.2, 0.25) is 18.1 Å². The van der Waals surface area contributed by atoms with Crippen LogP contribution < -0.4 is 0 Å². The number of amides is 2. The topological polar surface area (TPSA) is 119 Å². The summed E-state index contributed by atoms with van der Waals surface area (Å²) < 4.78 is 12.5. The molecule has 2 aromatic rings. The van der Waals surface area contributed by atoms with Crippen LogP contribution in [0.3, 0.4) is 0 Å². The molecule has 0 aromatic heterocycles. The lowest BCUT2D eigenvalue weighted by atomic mass is 9.79. The van der Waals surface area contributed by atoms with E-state index in [2.05, 4.69) is 33.9 Å². The molecule has 0 aliphatic carbocycles. The third-order valence-corrected chi connectivity index (χ3v) is 16.3. The number of β-lactam (4-membered cyclic amide) rings is 1. The van der Waals surface area contributed by atoms with Crippen molar-refractivity contribution >= 4 is 43.6 Å². The second kappa shape index (κ2) is 14.2. The van der Waals surface area contributed by atoms with E-state index in [0.717, 1.165) is 43.7 Å². The quantitative estimate of drug-likeness (QED) is 0.0823. The lowest BCUT2D eigenvalue weighted by Crippen LogP contribution is -2.65. The van der Waals surface area contributed by atoms with Gasteiger partial charge in [0.2, 0.25) is 5.91 Å². The number of benzene rings is 2. The number of carbonyl (C=O) groups is 3. The normalized spacial score (nSPS) is 22.1. The molecule has 48 heavy (non-hydrogen) atoms. The summed E-state index contributed by atoms with van der Waals surface area (Å²) in [5, 5.41) is 11.1. The lowest BCUT2D eigenvalue weighted by Gasteiger charge is -2.50. The van der Waals surface area contributed by atoms with Gasteiger partial charge >= 0.3 is 5.97 Å². The second-order valence-electron chi connectivity index (χ2n) is 14.6. The molecule has 10 nitrogen and oxygen atoms in total. The van der Waals surface area contributed by atoms with Crippen LogP contribution in [0.15, 0.2) is 64.0 Å². The molecule has 4 atom stereocenters. The summed E-state index contributed by atoms with van der Waals surface area (Å²) in [7, 11) is -2.19. The maximum atomic E-state index is 14.0. The number of carbonyl (C=O) groups excluding carboxylic acids is 3.